The Morgan fingerprint density at radius 2 is 1.70 bits per heavy atom. The fourth-order valence-corrected chi connectivity index (χ4v) is 4.55. The van der Waals surface area contributed by atoms with Crippen molar-refractivity contribution in [1.29, 1.82) is 0 Å². The van der Waals surface area contributed by atoms with Gasteiger partial charge in [0.2, 0.25) is 15.9 Å². The second-order valence-corrected chi connectivity index (χ2v) is 8.70. The number of hydrogen-bond donors (Lipinski definition) is 1. The van der Waals surface area contributed by atoms with Crippen LogP contribution in [0.15, 0.2) is 47.4 Å². The Morgan fingerprint density at radius 1 is 1.03 bits per heavy atom. The highest BCUT2D eigenvalue weighted by molar-refractivity contribution is 7.89. The molecule has 0 unspecified atom stereocenters. The lowest BCUT2D eigenvalue weighted by Gasteiger charge is -2.33. The molecule has 0 bridgehead atoms. The van der Waals surface area contributed by atoms with E-state index in [-0.39, 0.29) is 36.1 Å². The third-order valence-corrected chi connectivity index (χ3v) is 6.59. The summed E-state index contributed by atoms with van der Waals surface area (Å²) < 4.78 is 58.5. The number of nitrogens with zero attached hydrogens (tertiary/aromatic N) is 2. The molecule has 1 saturated heterocycles. The summed E-state index contributed by atoms with van der Waals surface area (Å²) in [7, 11) is -3.63. The van der Waals surface area contributed by atoms with Crippen LogP contribution in [0.5, 0.6) is 5.75 Å². The highest BCUT2D eigenvalue weighted by Crippen LogP contribution is 2.21. The maximum absolute atomic E-state index is 13.2. The van der Waals surface area contributed by atoms with E-state index in [9.17, 15) is 22.0 Å². The molecule has 2 aromatic carbocycles. The number of ether oxygens (including phenoxy) is 1. The number of benzene rings is 2. The minimum Gasteiger partial charge on any atom is -0.494 e. The van der Waals surface area contributed by atoms with E-state index in [0.29, 0.717) is 25.4 Å². The molecule has 0 atom stereocenters. The average molecular weight is 439 g/mol. The Bertz CT molecular complexity index is 992. The lowest BCUT2D eigenvalue weighted by Crippen LogP contribution is -2.50. The standard InChI is InChI=1S/C20H23F2N3O4S/c1-2-29-16-4-6-17(7-5-16)30(27,28)25-11-9-24(10-12-25)14-20(26)23-15-3-8-18(21)19(22)13-15/h3-8,13H,2,9-12,14H2,1H3,(H,23,26). The summed E-state index contributed by atoms with van der Waals surface area (Å²) in [6, 6.07) is 9.40. The van der Waals surface area contributed by atoms with Crippen LogP contribution in [0.2, 0.25) is 0 Å². The Hall–Kier alpha value is -2.56. The predicted octanol–water partition coefficient (Wildman–Crippen LogP) is 2.31. The number of sulfonamides is 1. The number of rotatable bonds is 7. The summed E-state index contributed by atoms with van der Waals surface area (Å²) in [6.45, 7) is 3.61. The van der Waals surface area contributed by atoms with Crippen LogP contribution in [0.3, 0.4) is 0 Å². The summed E-state index contributed by atoms with van der Waals surface area (Å²) >= 11 is 0. The van der Waals surface area contributed by atoms with E-state index in [1.54, 1.807) is 17.0 Å². The number of carbonyl (C=O) groups is 1. The topological polar surface area (TPSA) is 79.0 Å². The van der Waals surface area contributed by atoms with Crippen LogP contribution in [0.1, 0.15) is 6.92 Å². The van der Waals surface area contributed by atoms with Gasteiger partial charge in [0.15, 0.2) is 11.6 Å². The quantitative estimate of drug-likeness (QED) is 0.716. The molecule has 0 aliphatic carbocycles. The molecule has 2 aromatic rings. The first-order valence-corrected chi connectivity index (χ1v) is 10.9. The molecule has 162 valence electrons. The maximum atomic E-state index is 13.2. The lowest BCUT2D eigenvalue weighted by atomic mass is 10.3. The second-order valence-electron chi connectivity index (χ2n) is 6.76. The number of piperazine rings is 1. The summed E-state index contributed by atoms with van der Waals surface area (Å²) in [5.74, 6) is -1.81. The molecule has 0 saturated carbocycles. The number of carbonyl (C=O) groups excluding carboxylic acids is 1. The molecule has 3 rings (SSSR count). The third kappa shape index (κ3) is 5.32. The molecule has 7 nitrogen and oxygen atoms in total. The van der Waals surface area contributed by atoms with Crippen LogP contribution in [-0.4, -0.2) is 62.9 Å². The van der Waals surface area contributed by atoms with E-state index in [2.05, 4.69) is 5.32 Å². The van der Waals surface area contributed by atoms with Gasteiger partial charge in [0.05, 0.1) is 18.0 Å². The fourth-order valence-electron chi connectivity index (χ4n) is 3.13. The molecular formula is C20H23F2N3O4S. The first-order valence-electron chi connectivity index (χ1n) is 9.50. The Morgan fingerprint density at radius 3 is 2.30 bits per heavy atom. The molecule has 1 fully saturated rings. The van der Waals surface area contributed by atoms with Crippen molar-refractivity contribution in [2.75, 3.05) is 44.6 Å². The molecule has 30 heavy (non-hydrogen) atoms. The van der Waals surface area contributed by atoms with Crippen LogP contribution in [-0.2, 0) is 14.8 Å². The van der Waals surface area contributed by atoms with E-state index in [1.807, 2.05) is 6.92 Å². The number of halogens is 2. The maximum Gasteiger partial charge on any atom is 0.243 e. The molecule has 1 aliphatic heterocycles. The molecule has 10 heteroatoms. The third-order valence-electron chi connectivity index (χ3n) is 4.67. The number of nitrogens with one attached hydrogen (secondary N) is 1. The van der Waals surface area contributed by atoms with Crippen molar-refractivity contribution in [2.45, 2.75) is 11.8 Å². The van der Waals surface area contributed by atoms with Crippen molar-refractivity contribution < 1.29 is 26.7 Å². The Labute approximate surface area is 174 Å². The van der Waals surface area contributed by atoms with Gasteiger partial charge in [0.25, 0.3) is 0 Å². The minimum absolute atomic E-state index is 0.0237. The van der Waals surface area contributed by atoms with Gasteiger partial charge < -0.3 is 10.1 Å². The van der Waals surface area contributed by atoms with Crippen molar-refractivity contribution in [1.82, 2.24) is 9.21 Å². The van der Waals surface area contributed by atoms with Gasteiger partial charge >= 0.3 is 0 Å². The minimum atomic E-state index is -3.63. The van der Waals surface area contributed by atoms with Crippen molar-refractivity contribution in [2.24, 2.45) is 0 Å². The molecule has 1 heterocycles. The van der Waals surface area contributed by atoms with Gasteiger partial charge in [-0.2, -0.15) is 4.31 Å². The van der Waals surface area contributed by atoms with Crippen LogP contribution < -0.4 is 10.1 Å². The highest BCUT2D eigenvalue weighted by atomic mass is 32.2. The van der Waals surface area contributed by atoms with Crippen molar-refractivity contribution in [3.05, 3.63) is 54.1 Å². The van der Waals surface area contributed by atoms with E-state index >= 15 is 0 Å². The van der Waals surface area contributed by atoms with Crippen molar-refractivity contribution >= 4 is 21.6 Å². The molecule has 0 spiro atoms. The average Bonchev–Trinajstić information content (AvgIpc) is 2.72. The van der Waals surface area contributed by atoms with Crippen LogP contribution in [0, 0.1) is 11.6 Å². The molecule has 0 aromatic heterocycles. The van der Waals surface area contributed by atoms with E-state index in [1.165, 1.54) is 22.5 Å². The lowest BCUT2D eigenvalue weighted by molar-refractivity contribution is -0.117. The van der Waals surface area contributed by atoms with E-state index in [0.717, 1.165) is 12.1 Å². The second kappa shape index (κ2) is 9.50. The van der Waals surface area contributed by atoms with Gasteiger partial charge in [0.1, 0.15) is 5.75 Å². The monoisotopic (exact) mass is 439 g/mol. The first kappa shape index (κ1) is 22.1. The molecular weight excluding hydrogens is 416 g/mol. The zero-order valence-corrected chi connectivity index (χ0v) is 17.3. The van der Waals surface area contributed by atoms with Crippen LogP contribution in [0.4, 0.5) is 14.5 Å². The predicted molar refractivity (Wildman–Crippen MR) is 108 cm³/mol. The van der Waals surface area contributed by atoms with Gasteiger partial charge in [0, 0.05) is 37.9 Å². The summed E-state index contributed by atoms with van der Waals surface area (Å²) in [5.41, 5.74) is 0.163. The van der Waals surface area contributed by atoms with Crippen molar-refractivity contribution in [3.8, 4) is 5.75 Å². The summed E-state index contributed by atoms with van der Waals surface area (Å²) in [4.78, 5) is 14.1. The first-order chi connectivity index (χ1) is 14.3. The van der Waals surface area contributed by atoms with Gasteiger partial charge in [-0.1, -0.05) is 0 Å². The number of anilines is 1. The zero-order chi connectivity index (χ0) is 21.7. The normalized spacial score (nSPS) is 15.7. The van der Waals surface area contributed by atoms with E-state index in [4.69, 9.17) is 4.74 Å². The summed E-state index contributed by atoms with van der Waals surface area (Å²) in [5, 5.41) is 2.51. The smallest absolute Gasteiger partial charge is 0.243 e. The van der Waals surface area contributed by atoms with Gasteiger partial charge in [-0.15, -0.1) is 0 Å². The van der Waals surface area contributed by atoms with E-state index < -0.39 is 21.7 Å². The highest BCUT2D eigenvalue weighted by Gasteiger charge is 2.29. The molecule has 1 aliphatic rings. The van der Waals surface area contributed by atoms with Crippen LogP contribution in [0.25, 0.3) is 0 Å². The Kier molecular flexibility index (Phi) is 7.01. The zero-order valence-electron chi connectivity index (χ0n) is 16.5. The van der Waals surface area contributed by atoms with Gasteiger partial charge in [-0.25, -0.2) is 17.2 Å². The van der Waals surface area contributed by atoms with Crippen molar-refractivity contribution in [3.63, 3.8) is 0 Å². The number of hydrogen-bond acceptors (Lipinski definition) is 5. The van der Waals surface area contributed by atoms with Gasteiger partial charge in [-0.05, 0) is 43.3 Å². The number of amides is 1. The largest absolute Gasteiger partial charge is 0.494 e. The molecule has 1 N–H and O–H groups in total. The van der Waals surface area contributed by atoms with Gasteiger partial charge in [-0.3, -0.25) is 9.69 Å². The molecule has 0 radical (unpaired) electrons. The van der Waals surface area contributed by atoms with Crippen LogP contribution >= 0.6 is 0 Å². The summed E-state index contributed by atoms with van der Waals surface area (Å²) in [6.07, 6.45) is 0. The Balaban J connectivity index is 1.53. The fraction of sp³-hybridized carbons (Fsp3) is 0.350. The molecule has 1 amide bonds. The SMILES string of the molecule is CCOc1ccc(S(=O)(=O)N2CCN(CC(=O)Nc3ccc(F)c(F)c3)CC2)cc1.